The zero-order chi connectivity index (χ0) is 13.1. The second-order valence-corrected chi connectivity index (χ2v) is 3.05. The van der Waals surface area contributed by atoms with Gasteiger partial charge in [-0.1, -0.05) is 46.3 Å². The first kappa shape index (κ1) is 15.6. The van der Waals surface area contributed by atoms with Gasteiger partial charge in [-0.05, 0) is 11.4 Å². The molecular formula is C12H16BrNO3. The van der Waals surface area contributed by atoms with E-state index in [-0.39, 0.29) is 0 Å². The molecule has 0 aliphatic rings. The Morgan fingerprint density at radius 1 is 1.41 bits per heavy atom. The number of methoxy groups -OCH3 is 1. The number of carbonyl (C=O) groups is 2. The van der Waals surface area contributed by atoms with Crippen molar-refractivity contribution in [2.24, 2.45) is 0 Å². The van der Waals surface area contributed by atoms with Crippen molar-refractivity contribution in [1.29, 1.82) is 0 Å². The van der Waals surface area contributed by atoms with Gasteiger partial charge in [-0.3, -0.25) is 4.79 Å². The van der Waals surface area contributed by atoms with Gasteiger partial charge >= 0.3 is 5.97 Å². The number of hydrogen-bond donors (Lipinski definition) is 1. The van der Waals surface area contributed by atoms with Crippen LogP contribution >= 0.6 is 15.9 Å². The predicted octanol–water partition coefficient (Wildman–Crippen LogP) is 1.53. The fourth-order valence-electron chi connectivity index (χ4n) is 1.28. The average molecular weight is 302 g/mol. The van der Waals surface area contributed by atoms with Crippen molar-refractivity contribution in [2.75, 3.05) is 12.9 Å². The molecule has 0 heterocycles. The molecule has 1 N–H and O–H groups in total. The van der Waals surface area contributed by atoms with E-state index in [9.17, 15) is 9.59 Å². The molecule has 17 heavy (non-hydrogen) atoms. The number of alkyl halides is 1. The van der Waals surface area contributed by atoms with Gasteiger partial charge in [-0.2, -0.15) is 0 Å². The summed E-state index contributed by atoms with van der Waals surface area (Å²) < 4.78 is 4.58. The lowest BCUT2D eigenvalue weighted by Gasteiger charge is -2.13. The van der Waals surface area contributed by atoms with E-state index in [1.165, 1.54) is 7.11 Å². The highest BCUT2D eigenvalue weighted by molar-refractivity contribution is 9.08. The van der Waals surface area contributed by atoms with Gasteiger partial charge in [0.15, 0.2) is 0 Å². The van der Waals surface area contributed by atoms with Gasteiger partial charge in [0.25, 0.3) is 0 Å². The van der Waals surface area contributed by atoms with Crippen LogP contribution in [0, 0.1) is 0 Å². The Hall–Kier alpha value is -1.36. The van der Waals surface area contributed by atoms with Crippen molar-refractivity contribution in [2.45, 2.75) is 12.5 Å². The molecule has 0 aromatic heterocycles. The van der Waals surface area contributed by atoms with Crippen LogP contribution in [0.3, 0.4) is 0 Å². The summed E-state index contributed by atoms with van der Waals surface area (Å²) in [6, 6.07) is 8.82. The molecule has 0 saturated carbocycles. The third-order valence-electron chi connectivity index (χ3n) is 2.04. The molecule has 0 radical (unpaired) electrons. The lowest BCUT2D eigenvalue weighted by atomic mass is 10.1. The second-order valence-electron chi connectivity index (χ2n) is 3.05. The molecule has 1 rings (SSSR count). The summed E-state index contributed by atoms with van der Waals surface area (Å²) in [5.41, 5.74) is 0.974. The number of hydrogen-bond acceptors (Lipinski definition) is 3. The zero-order valence-corrected chi connectivity index (χ0v) is 11.4. The van der Waals surface area contributed by atoms with E-state index >= 15 is 0 Å². The molecule has 1 aromatic carbocycles. The van der Waals surface area contributed by atoms with Crippen LogP contribution in [0.2, 0.25) is 0 Å². The standard InChI is InChI=1S/C11H13NO3.CH3Br/c1-15-11(14)10(12-8-13)7-9-5-3-2-4-6-9;1-2/h2-6,8,10H,7H2,1H3,(H,12,13);1H3. The molecule has 0 aliphatic carbocycles. The highest BCUT2D eigenvalue weighted by atomic mass is 79.9. The Balaban J connectivity index is 0.00000121. The normalized spacial score (nSPS) is 10.5. The summed E-state index contributed by atoms with van der Waals surface area (Å²) in [5.74, 6) is 1.37. The highest BCUT2D eigenvalue weighted by Gasteiger charge is 2.18. The number of amides is 1. The Bertz CT molecular complexity index is 330. The maximum Gasteiger partial charge on any atom is 0.328 e. The van der Waals surface area contributed by atoms with Crippen LogP contribution in [-0.4, -0.2) is 31.4 Å². The Morgan fingerprint density at radius 3 is 2.47 bits per heavy atom. The average Bonchev–Trinajstić information content (AvgIpc) is 2.41. The van der Waals surface area contributed by atoms with E-state index in [1.807, 2.05) is 36.2 Å². The van der Waals surface area contributed by atoms with Crippen LogP contribution in [0.5, 0.6) is 0 Å². The molecule has 1 unspecified atom stereocenters. The molecule has 0 saturated heterocycles. The minimum Gasteiger partial charge on any atom is -0.467 e. The van der Waals surface area contributed by atoms with E-state index < -0.39 is 12.0 Å². The van der Waals surface area contributed by atoms with Crippen molar-refractivity contribution < 1.29 is 14.3 Å². The third kappa shape index (κ3) is 6.06. The van der Waals surface area contributed by atoms with Crippen LogP contribution < -0.4 is 5.32 Å². The van der Waals surface area contributed by atoms with Crippen molar-refractivity contribution in [3.8, 4) is 0 Å². The van der Waals surface area contributed by atoms with Crippen LogP contribution in [0.15, 0.2) is 30.3 Å². The molecule has 1 aromatic rings. The molecule has 1 amide bonds. The number of carbonyl (C=O) groups excluding carboxylic acids is 2. The summed E-state index contributed by atoms with van der Waals surface area (Å²) in [4.78, 5) is 21.6. The maximum atomic E-state index is 11.3. The quantitative estimate of drug-likeness (QED) is 0.510. The molecule has 0 aliphatic heterocycles. The highest BCUT2D eigenvalue weighted by Crippen LogP contribution is 2.03. The van der Waals surface area contributed by atoms with Gasteiger partial charge in [0, 0.05) is 6.42 Å². The second kappa shape index (κ2) is 9.84. The number of benzene rings is 1. The fourth-order valence-corrected chi connectivity index (χ4v) is 1.28. The zero-order valence-electron chi connectivity index (χ0n) is 9.85. The van der Waals surface area contributed by atoms with Crippen LogP contribution in [0.1, 0.15) is 5.56 Å². The van der Waals surface area contributed by atoms with Crippen molar-refractivity contribution >= 4 is 28.3 Å². The molecule has 5 heteroatoms. The minimum absolute atomic E-state index is 0.437. The Morgan fingerprint density at radius 2 is 2.00 bits per heavy atom. The first-order chi connectivity index (χ1) is 8.27. The number of halogens is 1. The molecule has 0 bridgehead atoms. The first-order valence-corrected chi connectivity index (χ1v) is 6.55. The predicted molar refractivity (Wildman–Crippen MR) is 70.0 cm³/mol. The van der Waals surface area contributed by atoms with Gasteiger partial charge in [0.2, 0.25) is 6.41 Å². The SMILES string of the molecule is CBr.COC(=O)C(Cc1ccccc1)NC=O. The topological polar surface area (TPSA) is 55.4 Å². The van der Waals surface area contributed by atoms with Gasteiger partial charge in [0.1, 0.15) is 6.04 Å². The smallest absolute Gasteiger partial charge is 0.328 e. The lowest BCUT2D eigenvalue weighted by Crippen LogP contribution is -2.38. The lowest BCUT2D eigenvalue weighted by molar-refractivity contribution is -0.144. The van der Waals surface area contributed by atoms with Gasteiger partial charge in [-0.15, -0.1) is 0 Å². The van der Waals surface area contributed by atoms with Crippen molar-refractivity contribution in [3.63, 3.8) is 0 Å². The molecule has 94 valence electrons. The van der Waals surface area contributed by atoms with Gasteiger partial charge in [0.05, 0.1) is 7.11 Å². The van der Waals surface area contributed by atoms with Crippen molar-refractivity contribution in [1.82, 2.24) is 5.32 Å². The maximum absolute atomic E-state index is 11.3. The molecular weight excluding hydrogens is 286 g/mol. The number of rotatable bonds is 5. The van der Waals surface area contributed by atoms with Crippen LogP contribution in [0.25, 0.3) is 0 Å². The number of nitrogens with one attached hydrogen (secondary N) is 1. The molecule has 1 atom stereocenters. The van der Waals surface area contributed by atoms with Crippen LogP contribution in [0.4, 0.5) is 0 Å². The largest absolute Gasteiger partial charge is 0.467 e. The Kier molecular flexibility index (Phi) is 9.05. The summed E-state index contributed by atoms with van der Waals surface area (Å²) in [6.07, 6.45) is 0.941. The summed E-state index contributed by atoms with van der Waals surface area (Å²) in [7, 11) is 1.30. The molecule has 0 fully saturated rings. The number of ether oxygens (including phenoxy) is 1. The van der Waals surface area contributed by atoms with Crippen LogP contribution in [-0.2, 0) is 20.7 Å². The summed E-state index contributed by atoms with van der Waals surface area (Å²) in [5, 5.41) is 2.43. The number of esters is 1. The summed E-state index contributed by atoms with van der Waals surface area (Å²) in [6.45, 7) is 0. The fraction of sp³-hybridized carbons (Fsp3) is 0.333. The van der Waals surface area contributed by atoms with Gasteiger partial charge in [-0.25, -0.2) is 4.79 Å². The van der Waals surface area contributed by atoms with Gasteiger partial charge < -0.3 is 10.1 Å². The van der Waals surface area contributed by atoms with E-state index in [0.717, 1.165) is 5.56 Å². The first-order valence-electron chi connectivity index (χ1n) is 4.97. The van der Waals surface area contributed by atoms with E-state index in [2.05, 4.69) is 26.0 Å². The summed E-state index contributed by atoms with van der Waals surface area (Å²) >= 11 is 2.94. The third-order valence-corrected chi connectivity index (χ3v) is 2.04. The Labute approximate surface area is 109 Å². The minimum atomic E-state index is -0.616. The molecule has 4 nitrogen and oxygen atoms in total. The van der Waals surface area contributed by atoms with E-state index in [4.69, 9.17) is 0 Å². The monoisotopic (exact) mass is 301 g/mol. The van der Waals surface area contributed by atoms with Crippen molar-refractivity contribution in [3.05, 3.63) is 35.9 Å². The van der Waals surface area contributed by atoms with E-state index in [1.54, 1.807) is 0 Å². The molecule has 0 spiro atoms. The van der Waals surface area contributed by atoms with E-state index in [0.29, 0.717) is 12.8 Å².